The van der Waals surface area contributed by atoms with Gasteiger partial charge < -0.3 is 0 Å². The molecule has 82 valence electrons. The van der Waals surface area contributed by atoms with E-state index in [2.05, 4.69) is 43.3 Å². The monoisotopic (exact) mass is 211 g/mol. The molecule has 1 nitrogen and oxygen atoms in total. The van der Waals surface area contributed by atoms with E-state index >= 15 is 0 Å². The Labute approximate surface area is 97.7 Å². The number of hydrogen-bond donors (Lipinski definition) is 0. The lowest BCUT2D eigenvalue weighted by molar-refractivity contribution is 0.858. The average Bonchev–Trinajstić information content (AvgIpc) is 2.35. The number of allylic oxidation sites excluding steroid dienone is 4. The molecule has 0 aromatic heterocycles. The number of rotatable bonds is 5. The molecule has 0 N–H and O–H groups in total. The Morgan fingerprint density at radius 1 is 1.25 bits per heavy atom. The molecule has 1 atom stereocenters. The molecule has 1 unspecified atom stereocenters. The van der Waals surface area contributed by atoms with Gasteiger partial charge in [0.2, 0.25) is 0 Å². The Hall–Kier alpha value is -1.81. The Balaban J connectivity index is 2.76. The van der Waals surface area contributed by atoms with Crippen molar-refractivity contribution in [3.63, 3.8) is 0 Å². The highest BCUT2D eigenvalue weighted by atomic mass is 14.2. The van der Waals surface area contributed by atoms with E-state index in [1.807, 2.05) is 18.2 Å². The van der Waals surface area contributed by atoms with E-state index in [4.69, 9.17) is 5.26 Å². The molecule has 0 aliphatic carbocycles. The third kappa shape index (κ3) is 4.14. The van der Waals surface area contributed by atoms with Crippen molar-refractivity contribution in [2.45, 2.75) is 25.7 Å². The van der Waals surface area contributed by atoms with Gasteiger partial charge in [0.05, 0.1) is 6.07 Å². The molecule has 16 heavy (non-hydrogen) atoms. The molecule has 1 heteroatoms. The smallest absolute Gasteiger partial charge is 0.0908 e. The van der Waals surface area contributed by atoms with Crippen LogP contribution in [0.2, 0.25) is 0 Å². The predicted octanol–water partition coefficient (Wildman–Crippen LogP) is 4.21. The van der Waals surface area contributed by atoms with Gasteiger partial charge in [-0.1, -0.05) is 55.5 Å². The highest BCUT2D eigenvalue weighted by Crippen LogP contribution is 2.21. The zero-order chi connectivity index (χ0) is 11.6. The summed E-state index contributed by atoms with van der Waals surface area (Å²) in [4.78, 5) is 0. The van der Waals surface area contributed by atoms with Crippen LogP contribution in [0.4, 0.5) is 0 Å². The van der Waals surface area contributed by atoms with Crippen molar-refractivity contribution in [2.24, 2.45) is 0 Å². The summed E-state index contributed by atoms with van der Waals surface area (Å²) in [6.45, 7) is 2.13. The van der Waals surface area contributed by atoms with Crippen LogP contribution in [-0.2, 0) is 0 Å². The number of benzene rings is 1. The molecule has 0 fully saturated rings. The summed E-state index contributed by atoms with van der Waals surface area (Å²) in [7, 11) is 0. The Morgan fingerprint density at radius 3 is 2.62 bits per heavy atom. The van der Waals surface area contributed by atoms with Crippen molar-refractivity contribution < 1.29 is 0 Å². The third-order valence-electron chi connectivity index (χ3n) is 2.41. The summed E-state index contributed by atoms with van der Waals surface area (Å²) in [6.07, 6.45) is 9.81. The molecule has 1 aromatic carbocycles. The van der Waals surface area contributed by atoms with Crippen LogP contribution in [-0.4, -0.2) is 0 Å². The van der Waals surface area contributed by atoms with Crippen molar-refractivity contribution >= 4 is 0 Å². The van der Waals surface area contributed by atoms with Crippen LogP contribution in [0.15, 0.2) is 54.6 Å². The largest absolute Gasteiger partial charge is 0.193 e. The van der Waals surface area contributed by atoms with Gasteiger partial charge >= 0.3 is 0 Å². The quantitative estimate of drug-likeness (QED) is 0.528. The van der Waals surface area contributed by atoms with Gasteiger partial charge in [-0.3, -0.25) is 0 Å². The SMILES string of the molecule is CCC=CC(CC=CC#N)c1ccccc1. The molecule has 0 amide bonds. The minimum Gasteiger partial charge on any atom is -0.193 e. The van der Waals surface area contributed by atoms with Gasteiger partial charge in [0.1, 0.15) is 0 Å². The van der Waals surface area contributed by atoms with Crippen molar-refractivity contribution in [1.29, 1.82) is 5.26 Å². The van der Waals surface area contributed by atoms with Crippen molar-refractivity contribution in [2.75, 3.05) is 0 Å². The lowest BCUT2D eigenvalue weighted by Crippen LogP contribution is -1.93. The van der Waals surface area contributed by atoms with Crippen LogP contribution in [0.5, 0.6) is 0 Å². The molecular weight excluding hydrogens is 194 g/mol. The fourth-order valence-corrected chi connectivity index (χ4v) is 1.59. The average molecular weight is 211 g/mol. The van der Waals surface area contributed by atoms with Crippen LogP contribution in [0.1, 0.15) is 31.2 Å². The molecule has 0 radical (unpaired) electrons. The maximum Gasteiger partial charge on any atom is 0.0908 e. The van der Waals surface area contributed by atoms with E-state index in [0.29, 0.717) is 5.92 Å². The van der Waals surface area contributed by atoms with Crippen LogP contribution in [0, 0.1) is 11.3 Å². The van der Waals surface area contributed by atoms with E-state index in [1.54, 1.807) is 6.08 Å². The van der Waals surface area contributed by atoms with Gasteiger partial charge in [-0.15, -0.1) is 0 Å². The van der Waals surface area contributed by atoms with E-state index in [-0.39, 0.29) is 0 Å². The van der Waals surface area contributed by atoms with Gasteiger partial charge in [-0.05, 0) is 18.4 Å². The normalized spacial score (nSPS) is 13.0. The molecule has 0 saturated heterocycles. The molecule has 0 heterocycles. The first kappa shape index (κ1) is 12.3. The van der Waals surface area contributed by atoms with Crippen molar-refractivity contribution in [3.05, 3.63) is 60.2 Å². The van der Waals surface area contributed by atoms with Gasteiger partial charge in [0, 0.05) is 12.0 Å². The predicted molar refractivity (Wildman–Crippen MR) is 68.0 cm³/mol. The zero-order valence-corrected chi connectivity index (χ0v) is 9.63. The maximum atomic E-state index is 8.47. The van der Waals surface area contributed by atoms with Crippen LogP contribution < -0.4 is 0 Å². The second-order valence-corrected chi connectivity index (χ2v) is 3.62. The van der Waals surface area contributed by atoms with Gasteiger partial charge in [-0.2, -0.15) is 5.26 Å². The summed E-state index contributed by atoms with van der Waals surface area (Å²) in [5.41, 5.74) is 1.30. The molecule has 1 rings (SSSR count). The molecule has 0 aliphatic heterocycles. The van der Waals surface area contributed by atoms with E-state index in [9.17, 15) is 0 Å². The second-order valence-electron chi connectivity index (χ2n) is 3.62. The first-order valence-electron chi connectivity index (χ1n) is 5.64. The van der Waals surface area contributed by atoms with Crippen LogP contribution in [0.3, 0.4) is 0 Å². The summed E-state index contributed by atoms with van der Waals surface area (Å²) >= 11 is 0. The van der Waals surface area contributed by atoms with Crippen molar-refractivity contribution in [1.82, 2.24) is 0 Å². The maximum absolute atomic E-state index is 8.47. The summed E-state index contributed by atoms with van der Waals surface area (Å²) in [5.74, 6) is 0.380. The summed E-state index contributed by atoms with van der Waals surface area (Å²) < 4.78 is 0. The van der Waals surface area contributed by atoms with Gasteiger partial charge in [0.15, 0.2) is 0 Å². The molecule has 0 aliphatic rings. The van der Waals surface area contributed by atoms with Gasteiger partial charge in [0.25, 0.3) is 0 Å². The first-order chi connectivity index (χ1) is 7.88. The summed E-state index contributed by atoms with van der Waals surface area (Å²) in [6, 6.07) is 12.4. The highest BCUT2D eigenvalue weighted by Gasteiger charge is 2.04. The fourth-order valence-electron chi connectivity index (χ4n) is 1.59. The molecular formula is C15H17N. The number of nitrogens with zero attached hydrogens (tertiary/aromatic N) is 1. The Kier molecular flexibility index (Phi) is 5.73. The minimum absolute atomic E-state index is 0.380. The summed E-state index contributed by atoms with van der Waals surface area (Å²) in [5, 5.41) is 8.47. The lowest BCUT2D eigenvalue weighted by Gasteiger charge is -2.10. The fraction of sp³-hybridized carbons (Fsp3) is 0.267. The molecule has 0 saturated carbocycles. The van der Waals surface area contributed by atoms with Gasteiger partial charge in [-0.25, -0.2) is 0 Å². The highest BCUT2D eigenvalue weighted by molar-refractivity contribution is 5.25. The van der Waals surface area contributed by atoms with E-state index < -0.39 is 0 Å². The molecule has 0 spiro atoms. The first-order valence-corrected chi connectivity index (χ1v) is 5.64. The van der Waals surface area contributed by atoms with Crippen LogP contribution >= 0.6 is 0 Å². The van der Waals surface area contributed by atoms with Crippen LogP contribution in [0.25, 0.3) is 0 Å². The zero-order valence-electron chi connectivity index (χ0n) is 9.63. The Morgan fingerprint density at radius 2 is 2.00 bits per heavy atom. The minimum atomic E-state index is 0.380. The molecule has 1 aromatic rings. The third-order valence-corrected chi connectivity index (χ3v) is 2.41. The number of nitriles is 1. The lowest BCUT2D eigenvalue weighted by atomic mass is 9.95. The standard InChI is InChI=1S/C15H17N/c1-2-3-9-14(12-7-8-13-16)15-10-5-4-6-11-15/h3-11,14H,2,12H2,1H3. The second kappa shape index (κ2) is 7.48. The van der Waals surface area contributed by atoms with E-state index in [1.165, 1.54) is 5.56 Å². The Bertz CT molecular complexity index is 382. The number of hydrogen-bond acceptors (Lipinski definition) is 1. The van der Waals surface area contributed by atoms with Crippen molar-refractivity contribution in [3.8, 4) is 6.07 Å². The molecule has 0 bridgehead atoms. The van der Waals surface area contributed by atoms with E-state index in [0.717, 1.165) is 12.8 Å². The topological polar surface area (TPSA) is 23.8 Å².